The van der Waals surface area contributed by atoms with E-state index in [9.17, 15) is 24.3 Å². The lowest BCUT2D eigenvalue weighted by Gasteiger charge is -2.43. The van der Waals surface area contributed by atoms with Gasteiger partial charge in [-0.1, -0.05) is 91.0 Å². The minimum Gasteiger partial charge on any atom is -0.465 e. The topological polar surface area (TPSA) is 98.2 Å². The van der Waals surface area contributed by atoms with Crippen molar-refractivity contribution in [2.75, 3.05) is 45.8 Å². The molecule has 2 saturated heterocycles. The molecule has 0 saturated carbocycles. The summed E-state index contributed by atoms with van der Waals surface area (Å²) in [7, 11) is 0. The molecule has 206 valence electrons. The molecule has 0 spiro atoms. The molecule has 2 amide bonds. The van der Waals surface area contributed by atoms with Crippen molar-refractivity contribution in [3.63, 3.8) is 0 Å². The maximum atomic E-state index is 14.0. The molecule has 5 rings (SSSR count). The highest BCUT2D eigenvalue weighted by atomic mass is 16.4. The molecule has 2 heterocycles. The van der Waals surface area contributed by atoms with E-state index in [1.807, 2.05) is 71.6 Å². The van der Waals surface area contributed by atoms with Crippen LogP contribution in [-0.4, -0.2) is 89.2 Å². The highest BCUT2D eigenvalue weighted by molar-refractivity contribution is 6.02. The predicted octanol–water partition coefficient (Wildman–Crippen LogP) is 3.91. The summed E-state index contributed by atoms with van der Waals surface area (Å²) in [6, 6.07) is 28.0. The van der Waals surface area contributed by atoms with E-state index in [0.717, 1.165) is 5.56 Å². The molecule has 40 heavy (non-hydrogen) atoms. The minimum absolute atomic E-state index is 0.0486. The Labute approximate surface area is 233 Å². The van der Waals surface area contributed by atoms with E-state index in [2.05, 4.69) is 0 Å². The third-order valence-corrected chi connectivity index (χ3v) is 8.01. The summed E-state index contributed by atoms with van der Waals surface area (Å²) in [5.74, 6) is -1.65. The second kappa shape index (κ2) is 12.3. The van der Waals surface area contributed by atoms with Gasteiger partial charge in [-0.3, -0.25) is 19.3 Å². The SMILES string of the molecule is O=C(c1ccccc1)C1CN(CC(=O)N2CCN(C(=O)O)CC2)CC(C(=O)c2ccccc2)C1c1ccccc1. The molecule has 8 nitrogen and oxygen atoms in total. The smallest absolute Gasteiger partial charge is 0.407 e. The number of Topliss-reactive ketones (excluding diaryl/α,β-unsaturated/α-hetero) is 2. The van der Waals surface area contributed by atoms with Gasteiger partial charge in [-0.15, -0.1) is 0 Å². The third kappa shape index (κ3) is 5.97. The number of carbonyl (C=O) groups excluding carboxylic acids is 3. The van der Waals surface area contributed by atoms with Crippen LogP contribution in [0.15, 0.2) is 91.0 Å². The van der Waals surface area contributed by atoms with Crippen LogP contribution in [-0.2, 0) is 4.79 Å². The van der Waals surface area contributed by atoms with E-state index < -0.39 is 17.9 Å². The van der Waals surface area contributed by atoms with E-state index in [4.69, 9.17) is 0 Å². The number of piperazine rings is 1. The molecule has 0 bridgehead atoms. The summed E-state index contributed by atoms with van der Waals surface area (Å²) < 4.78 is 0. The molecule has 1 N–H and O–H groups in total. The zero-order chi connectivity index (χ0) is 28.1. The number of amides is 2. The Morgan fingerprint density at radius 2 is 1.05 bits per heavy atom. The number of hydrogen-bond acceptors (Lipinski definition) is 5. The number of carboxylic acid groups (broad SMARTS) is 1. The Morgan fingerprint density at radius 3 is 1.50 bits per heavy atom. The highest BCUT2D eigenvalue weighted by Gasteiger charge is 2.45. The van der Waals surface area contributed by atoms with Gasteiger partial charge < -0.3 is 14.9 Å². The van der Waals surface area contributed by atoms with Gasteiger partial charge in [0.1, 0.15) is 0 Å². The van der Waals surface area contributed by atoms with Crippen LogP contribution in [0.3, 0.4) is 0 Å². The number of likely N-dealkylation sites (tertiary alicyclic amines) is 1. The average molecular weight is 540 g/mol. The van der Waals surface area contributed by atoms with Crippen molar-refractivity contribution in [1.82, 2.24) is 14.7 Å². The monoisotopic (exact) mass is 539 g/mol. The van der Waals surface area contributed by atoms with Crippen molar-refractivity contribution < 1.29 is 24.3 Å². The zero-order valence-corrected chi connectivity index (χ0v) is 22.3. The van der Waals surface area contributed by atoms with Crippen molar-refractivity contribution in [1.29, 1.82) is 0 Å². The first kappa shape index (κ1) is 27.3. The summed E-state index contributed by atoms with van der Waals surface area (Å²) in [5, 5.41) is 9.24. The van der Waals surface area contributed by atoms with Gasteiger partial charge >= 0.3 is 6.09 Å². The van der Waals surface area contributed by atoms with E-state index >= 15 is 0 Å². The summed E-state index contributed by atoms with van der Waals surface area (Å²) in [6.07, 6.45) is -0.986. The fourth-order valence-corrected chi connectivity index (χ4v) is 5.97. The normalized spacial score (nSPS) is 21.6. The van der Waals surface area contributed by atoms with Gasteiger partial charge in [-0.05, 0) is 5.56 Å². The molecule has 2 atom stereocenters. The lowest BCUT2D eigenvalue weighted by molar-refractivity contribution is -0.134. The number of benzene rings is 3. The predicted molar refractivity (Wildman–Crippen MR) is 150 cm³/mol. The number of rotatable bonds is 7. The van der Waals surface area contributed by atoms with Crippen LogP contribution in [0, 0.1) is 11.8 Å². The summed E-state index contributed by atoms with van der Waals surface area (Å²) >= 11 is 0. The van der Waals surface area contributed by atoms with Crippen LogP contribution in [0.2, 0.25) is 0 Å². The van der Waals surface area contributed by atoms with Gasteiger partial charge in [0.25, 0.3) is 0 Å². The minimum atomic E-state index is -0.986. The van der Waals surface area contributed by atoms with Crippen LogP contribution in [0.25, 0.3) is 0 Å². The number of nitrogens with zero attached hydrogens (tertiary/aromatic N) is 3. The summed E-state index contributed by atoms with van der Waals surface area (Å²) in [4.78, 5) is 57.6. The van der Waals surface area contributed by atoms with E-state index in [0.29, 0.717) is 37.3 Å². The quantitative estimate of drug-likeness (QED) is 0.458. The van der Waals surface area contributed by atoms with E-state index in [1.54, 1.807) is 29.2 Å². The fraction of sp³-hybridized carbons (Fsp3) is 0.312. The average Bonchev–Trinajstić information content (AvgIpc) is 3.01. The second-order valence-electron chi connectivity index (χ2n) is 10.5. The largest absolute Gasteiger partial charge is 0.465 e. The number of ketones is 2. The van der Waals surface area contributed by atoms with Gasteiger partial charge in [0.2, 0.25) is 5.91 Å². The zero-order valence-electron chi connectivity index (χ0n) is 22.3. The Hall–Kier alpha value is -4.30. The third-order valence-electron chi connectivity index (χ3n) is 8.01. The molecule has 8 heteroatoms. The van der Waals surface area contributed by atoms with Gasteiger partial charge in [0, 0.05) is 68.1 Å². The molecule has 3 aromatic rings. The Balaban J connectivity index is 1.46. The molecule has 0 aromatic heterocycles. The van der Waals surface area contributed by atoms with Crippen molar-refractivity contribution >= 4 is 23.6 Å². The van der Waals surface area contributed by atoms with Gasteiger partial charge in [-0.2, -0.15) is 0 Å². The highest BCUT2D eigenvalue weighted by Crippen LogP contribution is 2.40. The molecular formula is C32H33N3O5. The first-order valence-electron chi connectivity index (χ1n) is 13.6. The molecule has 0 aliphatic carbocycles. The van der Waals surface area contributed by atoms with Gasteiger partial charge in [-0.25, -0.2) is 4.79 Å². The summed E-state index contributed by atoms with van der Waals surface area (Å²) in [5.41, 5.74) is 2.09. The molecule has 0 radical (unpaired) electrons. The first-order chi connectivity index (χ1) is 19.4. The van der Waals surface area contributed by atoms with Crippen molar-refractivity contribution in [2.24, 2.45) is 11.8 Å². The maximum Gasteiger partial charge on any atom is 0.407 e. The fourth-order valence-electron chi connectivity index (χ4n) is 5.97. The molecule has 2 aliphatic heterocycles. The number of hydrogen-bond donors (Lipinski definition) is 1. The van der Waals surface area contributed by atoms with Crippen LogP contribution in [0.5, 0.6) is 0 Å². The van der Waals surface area contributed by atoms with E-state index in [1.165, 1.54) is 4.90 Å². The van der Waals surface area contributed by atoms with Crippen LogP contribution in [0.4, 0.5) is 4.79 Å². The standard InChI is InChI=1S/C32H33N3O5/c36-28(34-16-18-35(19-17-34)32(39)40)22-33-20-26(30(37)24-12-6-2-7-13-24)29(23-10-4-1-5-11-23)27(21-33)31(38)25-14-8-3-9-15-25/h1-15,26-27,29H,16-22H2,(H,39,40). The molecule has 2 fully saturated rings. The molecular weight excluding hydrogens is 506 g/mol. The van der Waals surface area contributed by atoms with Crippen molar-refractivity contribution in [2.45, 2.75) is 5.92 Å². The van der Waals surface area contributed by atoms with Gasteiger partial charge in [0.05, 0.1) is 6.54 Å². The van der Waals surface area contributed by atoms with E-state index in [-0.39, 0.29) is 43.0 Å². The summed E-state index contributed by atoms with van der Waals surface area (Å²) in [6.45, 7) is 1.92. The number of piperidine rings is 1. The van der Waals surface area contributed by atoms with Crippen molar-refractivity contribution in [3.05, 3.63) is 108 Å². The lowest BCUT2D eigenvalue weighted by atomic mass is 9.68. The van der Waals surface area contributed by atoms with Crippen LogP contribution >= 0.6 is 0 Å². The molecule has 2 unspecified atom stereocenters. The molecule has 3 aromatic carbocycles. The maximum absolute atomic E-state index is 14.0. The Kier molecular flexibility index (Phi) is 8.36. The second-order valence-corrected chi connectivity index (χ2v) is 10.5. The Bertz CT molecular complexity index is 1280. The number of carbonyl (C=O) groups is 4. The first-order valence-corrected chi connectivity index (χ1v) is 13.6. The van der Waals surface area contributed by atoms with Crippen LogP contribution < -0.4 is 0 Å². The van der Waals surface area contributed by atoms with Gasteiger partial charge in [0.15, 0.2) is 11.6 Å². The Morgan fingerprint density at radius 1 is 0.625 bits per heavy atom. The van der Waals surface area contributed by atoms with Crippen molar-refractivity contribution in [3.8, 4) is 0 Å². The lowest BCUT2D eigenvalue weighted by Crippen LogP contribution is -2.55. The van der Waals surface area contributed by atoms with Crippen LogP contribution in [0.1, 0.15) is 32.2 Å². The molecule has 2 aliphatic rings.